The summed E-state index contributed by atoms with van der Waals surface area (Å²) in [6.45, 7) is 2.37. The molecule has 23 heavy (non-hydrogen) atoms. The number of ether oxygens (including phenoxy) is 1. The van der Waals surface area contributed by atoms with Gasteiger partial charge in [-0.15, -0.1) is 0 Å². The van der Waals surface area contributed by atoms with Crippen molar-refractivity contribution in [3.8, 4) is 11.5 Å². The lowest BCUT2D eigenvalue weighted by Gasteiger charge is -2.16. The lowest BCUT2D eigenvalue weighted by atomic mass is 10.2. The van der Waals surface area contributed by atoms with Gasteiger partial charge in [0.2, 0.25) is 0 Å². The molecular formula is C18H22O4S. The van der Waals surface area contributed by atoms with E-state index in [2.05, 4.69) is 0 Å². The van der Waals surface area contributed by atoms with E-state index in [0.717, 1.165) is 5.75 Å². The van der Waals surface area contributed by atoms with Crippen molar-refractivity contribution in [3.05, 3.63) is 54.6 Å². The van der Waals surface area contributed by atoms with Crippen molar-refractivity contribution >= 4 is 9.84 Å². The Labute approximate surface area is 137 Å². The highest BCUT2D eigenvalue weighted by Crippen LogP contribution is 2.23. The van der Waals surface area contributed by atoms with Crippen molar-refractivity contribution in [1.29, 1.82) is 0 Å². The Hall–Kier alpha value is -2.01. The molecule has 0 spiro atoms. The van der Waals surface area contributed by atoms with Crippen LogP contribution in [0.1, 0.15) is 26.2 Å². The van der Waals surface area contributed by atoms with Gasteiger partial charge in [-0.25, -0.2) is 8.42 Å². The Morgan fingerprint density at radius 2 is 1.70 bits per heavy atom. The summed E-state index contributed by atoms with van der Waals surface area (Å²) >= 11 is 0. The summed E-state index contributed by atoms with van der Waals surface area (Å²) in [4.78, 5) is 0.256. The van der Waals surface area contributed by atoms with Gasteiger partial charge < -0.3 is 9.84 Å². The van der Waals surface area contributed by atoms with Gasteiger partial charge in [0.15, 0.2) is 9.84 Å². The van der Waals surface area contributed by atoms with Crippen LogP contribution in [0.15, 0.2) is 59.5 Å². The molecule has 2 aromatic rings. The first-order chi connectivity index (χ1) is 11.0. The van der Waals surface area contributed by atoms with E-state index < -0.39 is 15.1 Å². The highest BCUT2D eigenvalue weighted by Gasteiger charge is 2.25. The van der Waals surface area contributed by atoms with Gasteiger partial charge >= 0.3 is 0 Å². The Bertz CT molecular complexity index is 694. The molecule has 0 radical (unpaired) electrons. The molecule has 0 aliphatic heterocycles. The van der Waals surface area contributed by atoms with Gasteiger partial charge in [0, 0.05) is 0 Å². The van der Waals surface area contributed by atoms with Gasteiger partial charge in [0.05, 0.1) is 16.8 Å². The Morgan fingerprint density at radius 3 is 2.30 bits per heavy atom. The van der Waals surface area contributed by atoms with E-state index in [4.69, 9.17) is 4.74 Å². The summed E-state index contributed by atoms with van der Waals surface area (Å²) in [7, 11) is -3.38. The SMILES string of the molecule is CCC(CCCOc1ccccc1)S(=O)(=O)c1ccc(O)cc1. The maximum Gasteiger partial charge on any atom is 0.181 e. The van der Waals surface area contributed by atoms with Crippen molar-refractivity contribution in [1.82, 2.24) is 0 Å². The van der Waals surface area contributed by atoms with Gasteiger partial charge in [0.1, 0.15) is 11.5 Å². The molecule has 0 amide bonds. The summed E-state index contributed by atoms with van der Waals surface area (Å²) in [5, 5.41) is 8.85. The minimum Gasteiger partial charge on any atom is -0.508 e. The smallest absolute Gasteiger partial charge is 0.181 e. The molecule has 0 heterocycles. The quantitative estimate of drug-likeness (QED) is 0.746. The second-order valence-corrected chi connectivity index (χ2v) is 7.60. The molecule has 0 aliphatic rings. The van der Waals surface area contributed by atoms with Crippen LogP contribution in [0.3, 0.4) is 0 Å². The van der Waals surface area contributed by atoms with Crippen molar-refractivity contribution in [2.45, 2.75) is 36.3 Å². The van der Waals surface area contributed by atoms with Gasteiger partial charge in [-0.3, -0.25) is 0 Å². The minimum absolute atomic E-state index is 0.0632. The number of phenolic OH excluding ortho intramolecular Hbond substituents is 1. The van der Waals surface area contributed by atoms with Crippen molar-refractivity contribution < 1.29 is 18.3 Å². The fourth-order valence-corrected chi connectivity index (χ4v) is 4.24. The first-order valence-corrected chi connectivity index (χ1v) is 9.29. The molecule has 0 saturated carbocycles. The lowest BCUT2D eigenvalue weighted by Crippen LogP contribution is -2.21. The second kappa shape index (κ2) is 8.02. The standard InChI is InChI=1S/C18H22O4S/c1-2-17(9-6-14-22-16-7-4-3-5-8-16)23(20,21)18-12-10-15(19)11-13-18/h3-5,7-8,10-13,17,19H,2,6,9,14H2,1H3. The molecule has 4 nitrogen and oxygen atoms in total. The third kappa shape index (κ3) is 4.73. The minimum atomic E-state index is -3.38. The first-order valence-electron chi connectivity index (χ1n) is 7.75. The molecule has 0 fully saturated rings. The zero-order valence-electron chi connectivity index (χ0n) is 13.2. The number of phenols is 1. The number of para-hydroxylation sites is 1. The summed E-state index contributed by atoms with van der Waals surface area (Å²) in [6.07, 6.45) is 1.77. The largest absolute Gasteiger partial charge is 0.508 e. The summed E-state index contributed by atoms with van der Waals surface area (Å²) in [5.41, 5.74) is 0. The summed E-state index contributed by atoms with van der Waals surface area (Å²) in [6, 6.07) is 15.2. The third-order valence-corrected chi connectivity index (χ3v) is 6.12. The van der Waals surface area contributed by atoms with Crippen LogP contribution in [0.5, 0.6) is 11.5 Å². The van der Waals surface area contributed by atoms with Crippen LogP contribution in [0.25, 0.3) is 0 Å². The lowest BCUT2D eigenvalue weighted by molar-refractivity contribution is 0.305. The number of hydrogen-bond acceptors (Lipinski definition) is 4. The highest BCUT2D eigenvalue weighted by atomic mass is 32.2. The molecule has 0 saturated heterocycles. The molecule has 2 aromatic carbocycles. The van der Waals surface area contributed by atoms with Crippen LogP contribution in [-0.4, -0.2) is 25.4 Å². The predicted octanol–water partition coefficient (Wildman–Crippen LogP) is 3.80. The summed E-state index contributed by atoms with van der Waals surface area (Å²) < 4.78 is 30.8. The average Bonchev–Trinajstić information content (AvgIpc) is 2.56. The molecule has 2 rings (SSSR count). The van der Waals surface area contributed by atoms with Gasteiger partial charge in [-0.05, 0) is 55.7 Å². The number of hydrogen-bond donors (Lipinski definition) is 1. The van der Waals surface area contributed by atoms with Crippen LogP contribution in [-0.2, 0) is 9.84 Å². The molecule has 5 heteroatoms. The fraction of sp³-hybridized carbons (Fsp3) is 0.333. The van der Waals surface area contributed by atoms with Gasteiger partial charge in [0.25, 0.3) is 0 Å². The fourth-order valence-electron chi connectivity index (χ4n) is 2.42. The Kier molecular flexibility index (Phi) is 6.04. The molecule has 1 atom stereocenters. The van der Waals surface area contributed by atoms with Crippen molar-refractivity contribution in [3.63, 3.8) is 0 Å². The third-order valence-electron chi connectivity index (χ3n) is 3.74. The summed E-state index contributed by atoms with van der Waals surface area (Å²) in [5.74, 6) is 0.857. The van der Waals surface area contributed by atoms with E-state index in [1.807, 2.05) is 37.3 Å². The normalized spacial score (nSPS) is 12.7. The van der Waals surface area contributed by atoms with E-state index in [9.17, 15) is 13.5 Å². The second-order valence-electron chi connectivity index (χ2n) is 5.37. The molecule has 124 valence electrons. The van der Waals surface area contributed by atoms with Crippen LogP contribution in [0.4, 0.5) is 0 Å². The van der Waals surface area contributed by atoms with E-state index in [1.54, 1.807) is 0 Å². The Balaban J connectivity index is 1.92. The van der Waals surface area contributed by atoms with E-state index in [1.165, 1.54) is 24.3 Å². The van der Waals surface area contributed by atoms with Crippen molar-refractivity contribution in [2.24, 2.45) is 0 Å². The van der Waals surface area contributed by atoms with Gasteiger partial charge in [-0.2, -0.15) is 0 Å². The molecule has 0 aromatic heterocycles. The first kappa shape index (κ1) is 17.3. The molecular weight excluding hydrogens is 312 g/mol. The van der Waals surface area contributed by atoms with Crippen LogP contribution >= 0.6 is 0 Å². The van der Waals surface area contributed by atoms with Crippen LogP contribution in [0.2, 0.25) is 0 Å². The number of benzene rings is 2. The highest BCUT2D eigenvalue weighted by molar-refractivity contribution is 7.92. The average molecular weight is 334 g/mol. The molecule has 1 unspecified atom stereocenters. The van der Waals surface area contributed by atoms with E-state index >= 15 is 0 Å². The maximum absolute atomic E-state index is 12.6. The number of aromatic hydroxyl groups is 1. The maximum atomic E-state index is 12.6. The van der Waals surface area contributed by atoms with E-state index in [-0.39, 0.29) is 10.6 Å². The molecule has 1 N–H and O–H groups in total. The zero-order valence-corrected chi connectivity index (χ0v) is 14.0. The topological polar surface area (TPSA) is 63.6 Å². The molecule has 0 aliphatic carbocycles. The number of rotatable bonds is 8. The van der Waals surface area contributed by atoms with E-state index in [0.29, 0.717) is 25.9 Å². The van der Waals surface area contributed by atoms with Crippen LogP contribution < -0.4 is 4.74 Å². The number of sulfone groups is 1. The zero-order chi connectivity index (χ0) is 16.7. The van der Waals surface area contributed by atoms with Gasteiger partial charge in [-0.1, -0.05) is 25.1 Å². The van der Waals surface area contributed by atoms with Crippen molar-refractivity contribution in [2.75, 3.05) is 6.61 Å². The molecule has 0 bridgehead atoms. The predicted molar refractivity (Wildman–Crippen MR) is 90.5 cm³/mol. The monoisotopic (exact) mass is 334 g/mol. The Morgan fingerprint density at radius 1 is 1.04 bits per heavy atom. The van der Waals surface area contributed by atoms with Crippen LogP contribution in [0, 0.1) is 0 Å².